The Hall–Kier alpha value is -2.25. The molecule has 0 aliphatic carbocycles. The van der Waals surface area contributed by atoms with Crippen LogP contribution in [-0.2, 0) is 6.18 Å². The molecule has 1 heterocycles. The molecule has 0 saturated heterocycles. The van der Waals surface area contributed by atoms with Gasteiger partial charge in [-0.05, 0) is 18.2 Å². The lowest BCUT2D eigenvalue weighted by Crippen LogP contribution is -2.06. The second kappa shape index (κ2) is 3.65. The van der Waals surface area contributed by atoms with Crippen molar-refractivity contribution >= 4 is 5.69 Å². The van der Waals surface area contributed by atoms with Gasteiger partial charge in [0.05, 0.1) is 5.56 Å². The number of H-pyrrole nitrogens is 2. The van der Waals surface area contributed by atoms with Crippen LogP contribution in [-0.4, -0.2) is 15.2 Å². The maximum Gasteiger partial charge on any atom is 0.416 e. The molecule has 0 fully saturated rings. The number of nitrogens with two attached hydrogens (primary N) is 1. The van der Waals surface area contributed by atoms with Crippen molar-refractivity contribution in [2.24, 2.45) is 0 Å². The molecule has 8 heteroatoms. The molecular weight excluding hydrogens is 237 g/mol. The van der Waals surface area contributed by atoms with Crippen LogP contribution in [0.25, 0.3) is 11.4 Å². The number of aromatic amines is 2. The van der Waals surface area contributed by atoms with E-state index >= 15 is 0 Å². The molecule has 0 aliphatic rings. The number of anilines is 1. The highest BCUT2D eigenvalue weighted by Crippen LogP contribution is 2.33. The van der Waals surface area contributed by atoms with Gasteiger partial charge in [0, 0.05) is 11.3 Å². The standard InChI is InChI=1S/C9H7F3N4O/c10-9(11,12)4-1-2-6(13)5(3-4)7-14-8(17)16-15-7/h1-3H,13H2,(H2,14,15,16,17). The van der Waals surface area contributed by atoms with Gasteiger partial charge in [-0.15, -0.1) is 0 Å². The van der Waals surface area contributed by atoms with Gasteiger partial charge < -0.3 is 5.73 Å². The zero-order valence-corrected chi connectivity index (χ0v) is 8.30. The van der Waals surface area contributed by atoms with Crippen LogP contribution in [0.3, 0.4) is 0 Å². The summed E-state index contributed by atoms with van der Waals surface area (Å²) >= 11 is 0. The van der Waals surface area contributed by atoms with E-state index in [2.05, 4.69) is 15.2 Å². The molecule has 90 valence electrons. The zero-order valence-electron chi connectivity index (χ0n) is 8.30. The number of nitrogen functional groups attached to an aromatic ring is 1. The average Bonchev–Trinajstić information content (AvgIpc) is 2.63. The first-order valence-electron chi connectivity index (χ1n) is 4.49. The van der Waals surface area contributed by atoms with Crippen molar-refractivity contribution in [1.29, 1.82) is 0 Å². The fourth-order valence-corrected chi connectivity index (χ4v) is 1.34. The molecule has 17 heavy (non-hydrogen) atoms. The molecule has 0 unspecified atom stereocenters. The Labute approximate surface area is 92.5 Å². The average molecular weight is 244 g/mol. The third-order valence-corrected chi connectivity index (χ3v) is 2.14. The predicted molar refractivity (Wildman–Crippen MR) is 54.1 cm³/mol. The van der Waals surface area contributed by atoms with Gasteiger partial charge in [-0.1, -0.05) is 0 Å². The van der Waals surface area contributed by atoms with Gasteiger partial charge >= 0.3 is 11.9 Å². The van der Waals surface area contributed by atoms with E-state index in [4.69, 9.17) is 5.73 Å². The molecule has 5 nitrogen and oxygen atoms in total. The van der Waals surface area contributed by atoms with Crippen LogP contribution in [0, 0.1) is 0 Å². The van der Waals surface area contributed by atoms with Crippen LogP contribution >= 0.6 is 0 Å². The van der Waals surface area contributed by atoms with Crippen molar-refractivity contribution in [1.82, 2.24) is 15.2 Å². The summed E-state index contributed by atoms with van der Waals surface area (Å²) < 4.78 is 37.4. The number of hydrogen-bond acceptors (Lipinski definition) is 3. The molecule has 1 aromatic carbocycles. The number of nitrogens with one attached hydrogen (secondary N) is 2. The zero-order chi connectivity index (χ0) is 12.6. The molecule has 0 saturated carbocycles. The lowest BCUT2D eigenvalue weighted by molar-refractivity contribution is -0.137. The quantitative estimate of drug-likeness (QED) is 0.662. The van der Waals surface area contributed by atoms with Crippen molar-refractivity contribution in [3.8, 4) is 11.4 Å². The van der Waals surface area contributed by atoms with Crippen molar-refractivity contribution in [3.63, 3.8) is 0 Å². The van der Waals surface area contributed by atoms with Crippen LogP contribution in [0.15, 0.2) is 23.0 Å². The molecule has 0 aliphatic heterocycles. The fraction of sp³-hybridized carbons (Fsp3) is 0.111. The third kappa shape index (κ3) is 2.14. The van der Waals surface area contributed by atoms with E-state index < -0.39 is 17.4 Å². The number of benzene rings is 1. The van der Waals surface area contributed by atoms with Crippen molar-refractivity contribution in [3.05, 3.63) is 34.2 Å². The summed E-state index contributed by atoms with van der Waals surface area (Å²) in [5, 5.41) is 5.58. The van der Waals surface area contributed by atoms with E-state index in [0.29, 0.717) is 0 Å². The smallest absolute Gasteiger partial charge is 0.398 e. The van der Waals surface area contributed by atoms with Crippen molar-refractivity contribution in [2.45, 2.75) is 6.18 Å². The summed E-state index contributed by atoms with van der Waals surface area (Å²) in [7, 11) is 0. The van der Waals surface area contributed by atoms with Gasteiger partial charge in [0.15, 0.2) is 5.82 Å². The van der Waals surface area contributed by atoms with Crippen LogP contribution < -0.4 is 11.4 Å². The first-order chi connectivity index (χ1) is 7.88. The lowest BCUT2D eigenvalue weighted by Gasteiger charge is -2.09. The molecule has 2 rings (SSSR count). The van der Waals surface area contributed by atoms with Crippen LogP contribution in [0.2, 0.25) is 0 Å². The van der Waals surface area contributed by atoms with Gasteiger partial charge in [-0.25, -0.2) is 9.89 Å². The highest BCUT2D eigenvalue weighted by atomic mass is 19.4. The van der Waals surface area contributed by atoms with E-state index in [1.807, 2.05) is 0 Å². The maximum absolute atomic E-state index is 12.5. The Balaban J connectivity index is 2.58. The van der Waals surface area contributed by atoms with Gasteiger partial charge in [0.25, 0.3) is 0 Å². The molecule has 0 amide bonds. The topological polar surface area (TPSA) is 87.6 Å². The summed E-state index contributed by atoms with van der Waals surface area (Å²) in [6.45, 7) is 0. The van der Waals surface area contributed by atoms with E-state index in [1.165, 1.54) is 0 Å². The first kappa shape index (κ1) is 11.2. The molecule has 4 N–H and O–H groups in total. The van der Waals surface area contributed by atoms with Gasteiger partial charge in [-0.2, -0.15) is 18.3 Å². The molecule has 2 aromatic rings. The molecule has 0 spiro atoms. The van der Waals surface area contributed by atoms with Gasteiger partial charge in [0.2, 0.25) is 0 Å². The molecular formula is C9H7F3N4O. The Morgan fingerprint density at radius 2 is 2.00 bits per heavy atom. The number of hydrogen-bond donors (Lipinski definition) is 3. The Bertz CT molecular complexity index is 599. The third-order valence-electron chi connectivity index (χ3n) is 2.14. The summed E-state index contributed by atoms with van der Waals surface area (Å²) in [4.78, 5) is 13.1. The largest absolute Gasteiger partial charge is 0.416 e. The summed E-state index contributed by atoms with van der Waals surface area (Å²) in [6.07, 6.45) is -4.47. The second-order valence-electron chi connectivity index (χ2n) is 3.33. The summed E-state index contributed by atoms with van der Waals surface area (Å²) in [5.41, 5.74) is 4.18. The number of alkyl halides is 3. The Morgan fingerprint density at radius 3 is 2.53 bits per heavy atom. The lowest BCUT2D eigenvalue weighted by atomic mass is 10.1. The maximum atomic E-state index is 12.5. The molecule has 0 atom stereocenters. The molecule has 1 aromatic heterocycles. The van der Waals surface area contributed by atoms with Crippen LogP contribution in [0.4, 0.5) is 18.9 Å². The second-order valence-corrected chi connectivity index (χ2v) is 3.33. The van der Waals surface area contributed by atoms with E-state index in [-0.39, 0.29) is 17.1 Å². The minimum absolute atomic E-state index is 0.0261. The summed E-state index contributed by atoms with van der Waals surface area (Å²) in [6, 6.07) is 2.82. The molecule has 0 bridgehead atoms. The SMILES string of the molecule is Nc1ccc(C(F)(F)F)cc1-c1n[nH]c(=O)[nH]1. The Morgan fingerprint density at radius 1 is 1.29 bits per heavy atom. The number of aromatic nitrogens is 3. The first-order valence-corrected chi connectivity index (χ1v) is 4.49. The summed E-state index contributed by atoms with van der Waals surface area (Å²) in [5.74, 6) is -0.0291. The van der Waals surface area contributed by atoms with Crippen molar-refractivity contribution in [2.75, 3.05) is 5.73 Å². The normalized spacial score (nSPS) is 11.7. The van der Waals surface area contributed by atoms with Gasteiger partial charge in [-0.3, -0.25) is 4.98 Å². The highest BCUT2D eigenvalue weighted by molar-refractivity contribution is 5.72. The van der Waals surface area contributed by atoms with Crippen LogP contribution in [0.1, 0.15) is 5.56 Å². The minimum Gasteiger partial charge on any atom is -0.398 e. The monoisotopic (exact) mass is 244 g/mol. The van der Waals surface area contributed by atoms with Crippen LogP contribution in [0.5, 0.6) is 0 Å². The highest BCUT2D eigenvalue weighted by Gasteiger charge is 2.31. The van der Waals surface area contributed by atoms with E-state index in [9.17, 15) is 18.0 Å². The number of rotatable bonds is 1. The molecule has 0 radical (unpaired) electrons. The number of nitrogens with zero attached hydrogens (tertiary/aromatic N) is 1. The number of halogens is 3. The van der Waals surface area contributed by atoms with Crippen molar-refractivity contribution < 1.29 is 13.2 Å². The van der Waals surface area contributed by atoms with Gasteiger partial charge in [0.1, 0.15) is 0 Å². The van der Waals surface area contributed by atoms with E-state index in [1.54, 1.807) is 0 Å². The van der Waals surface area contributed by atoms with E-state index in [0.717, 1.165) is 18.2 Å². The minimum atomic E-state index is -4.47. The Kier molecular flexibility index (Phi) is 2.41. The predicted octanol–water partition coefficient (Wildman–Crippen LogP) is 1.37. The fourth-order valence-electron chi connectivity index (χ4n) is 1.34.